The largest absolute Gasteiger partial charge is 0.479 e. The molecule has 1 fully saturated rings. The Morgan fingerprint density at radius 2 is 0.957 bits per heavy atom. The van der Waals surface area contributed by atoms with Crippen LogP contribution in [0.1, 0.15) is 175 Å². The smallest absolute Gasteiger partial charge is 0.335 e. The highest BCUT2D eigenvalue weighted by atomic mass is 16.7. The third-order valence-corrected chi connectivity index (χ3v) is 10.9. The molecule has 1 aliphatic heterocycles. The zero-order valence-electron chi connectivity index (χ0n) is 42.3. The van der Waals surface area contributed by atoms with Crippen molar-refractivity contribution in [3.8, 4) is 0 Å². The van der Waals surface area contributed by atoms with Crippen molar-refractivity contribution < 1.29 is 58.2 Å². The van der Waals surface area contributed by atoms with Crippen LogP contribution >= 0.6 is 0 Å². The van der Waals surface area contributed by atoms with Gasteiger partial charge < -0.3 is 39.0 Å². The fourth-order valence-electron chi connectivity index (χ4n) is 6.96. The summed E-state index contributed by atoms with van der Waals surface area (Å²) in [5.74, 6) is -3.36. The molecule has 0 bridgehead atoms. The molecule has 69 heavy (non-hydrogen) atoms. The van der Waals surface area contributed by atoms with Crippen LogP contribution in [0.5, 0.6) is 0 Å². The van der Waals surface area contributed by atoms with Gasteiger partial charge in [0.15, 0.2) is 24.6 Å². The summed E-state index contributed by atoms with van der Waals surface area (Å²) in [6, 6.07) is 0. The lowest BCUT2D eigenvalue weighted by molar-refractivity contribution is -0.301. The van der Waals surface area contributed by atoms with E-state index in [4.69, 9.17) is 23.7 Å². The molecular weight excluding hydrogens is 877 g/mol. The number of hydrogen-bond acceptors (Lipinski definition) is 11. The van der Waals surface area contributed by atoms with Gasteiger partial charge in [0.25, 0.3) is 0 Å². The lowest BCUT2D eigenvalue weighted by Crippen LogP contribution is -2.61. The van der Waals surface area contributed by atoms with E-state index in [2.05, 4.69) is 106 Å². The van der Waals surface area contributed by atoms with E-state index in [1.54, 1.807) is 6.08 Å². The third-order valence-electron chi connectivity index (χ3n) is 10.9. The number of esters is 3. The zero-order valence-corrected chi connectivity index (χ0v) is 42.3. The van der Waals surface area contributed by atoms with E-state index in [1.807, 2.05) is 18.2 Å². The highest BCUT2D eigenvalue weighted by Crippen LogP contribution is 2.26. The molecule has 0 spiro atoms. The minimum Gasteiger partial charge on any atom is -0.479 e. The molecule has 0 aromatic heterocycles. The molecule has 6 atom stereocenters. The van der Waals surface area contributed by atoms with E-state index in [-0.39, 0.29) is 25.9 Å². The summed E-state index contributed by atoms with van der Waals surface area (Å²) >= 11 is 0. The molecule has 388 valence electrons. The van der Waals surface area contributed by atoms with E-state index >= 15 is 0 Å². The fraction of sp³-hybridized carbons (Fsp3) is 0.614. The van der Waals surface area contributed by atoms with Crippen molar-refractivity contribution >= 4 is 23.9 Å². The second kappa shape index (κ2) is 44.6. The molecule has 12 heteroatoms. The Morgan fingerprint density at radius 1 is 0.507 bits per heavy atom. The summed E-state index contributed by atoms with van der Waals surface area (Å²) in [6.45, 7) is 5.58. The number of ether oxygens (including phenoxy) is 5. The van der Waals surface area contributed by atoms with Crippen molar-refractivity contribution in [1.29, 1.82) is 0 Å². The van der Waals surface area contributed by atoms with E-state index in [0.717, 1.165) is 83.5 Å². The highest BCUT2D eigenvalue weighted by Gasteiger charge is 2.50. The van der Waals surface area contributed by atoms with Gasteiger partial charge in [-0.3, -0.25) is 14.4 Å². The van der Waals surface area contributed by atoms with E-state index in [9.17, 15) is 34.5 Å². The summed E-state index contributed by atoms with van der Waals surface area (Å²) in [5, 5.41) is 31.3. The molecule has 0 amide bonds. The molecule has 0 saturated carbocycles. The van der Waals surface area contributed by atoms with Crippen LogP contribution in [0.4, 0.5) is 0 Å². The summed E-state index contributed by atoms with van der Waals surface area (Å²) in [4.78, 5) is 50.7. The summed E-state index contributed by atoms with van der Waals surface area (Å²) in [6.07, 6.45) is 46.9. The minimum absolute atomic E-state index is 0.00511. The van der Waals surface area contributed by atoms with Gasteiger partial charge in [0.2, 0.25) is 0 Å². The van der Waals surface area contributed by atoms with Crippen LogP contribution in [0.3, 0.4) is 0 Å². The first-order valence-corrected chi connectivity index (χ1v) is 25.9. The van der Waals surface area contributed by atoms with Crippen LogP contribution in [0.15, 0.2) is 109 Å². The van der Waals surface area contributed by atoms with E-state index < -0.39 is 67.3 Å². The predicted octanol–water partition coefficient (Wildman–Crippen LogP) is 12.3. The van der Waals surface area contributed by atoms with Crippen LogP contribution in [0.25, 0.3) is 0 Å². The molecular formula is C57H88O12. The summed E-state index contributed by atoms with van der Waals surface area (Å²) in [7, 11) is 0. The molecule has 1 aliphatic rings. The van der Waals surface area contributed by atoms with Crippen LogP contribution < -0.4 is 0 Å². The molecule has 1 rings (SSSR count). The lowest BCUT2D eigenvalue weighted by atomic mass is 9.98. The Balaban J connectivity index is 2.80. The van der Waals surface area contributed by atoms with Crippen molar-refractivity contribution in [2.45, 2.75) is 212 Å². The van der Waals surface area contributed by atoms with Crippen molar-refractivity contribution in [1.82, 2.24) is 0 Å². The normalized spacial score (nSPS) is 19.6. The van der Waals surface area contributed by atoms with Gasteiger partial charge in [0.1, 0.15) is 18.8 Å². The quantitative estimate of drug-likeness (QED) is 0.0229. The standard InChI is InChI=1S/C57H88O12/c1-4-7-10-13-16-19-21-23-25-27-29-32-34-37-40-43-49(58)65-46-48(67-50(59)44-41-38-35-31-18-15-12-9-6-3)47-66-57-55(53(62)52(61)54(69-57)56(63)64)68-51(60)45-42-39-36-33-30-28-26-24-22-20-17-14-11-8-5-2/h7-8,10-11,16-17,19-20,23-26,29-30,32-33,37,40,48,52-55,57,61-62H,4-6,9,12-15,18,21-22,27-28,31,34-36,38-39,41-47H2,1-3H3,(H,63,64)/b10-7-,11-8-,19-16-,20-17-,25-23-,26-24-,32-29-,33-30-,40-37-. The number of carbonyl (C=O) groups is 4. The predicted molar refractivity (Wildman–Crippen MR) is 275 cm³/mol. The van der Waals surface area contributed by atoms with Gasteiger partial charge in [-0.15, -0.1) is 0 Å². The Hall–Kier alpha value is -4.62. The Labute approximate surface area is 415 Å². The molecule has 0 radical (unpaired) electrons. The molecule has 1 saturated heterocycles. The number of carbonyl (C=O) groups excluding carboxylic acids is 3. The summed E-state index contributed by atoms with van der Waals surface area (Å²) < 4.78 is 28.1. The maximum absolute atomic E-state index is 13.0. The molecule has 0 aromatic rings. The number of unbranched alkanes of at least 4 members (excludes halogenated alkanes) is 10. The first-order valence-electron chi connectivity index (χ1n) is 25.9. The third kappa shape index (κ3) is 35.2. The van der Waals surface area contributed by atoms with Gasteiger partial charge in [0.05, 0.1) is 13.0 Å². The second-order valence-electron chi connectivity index (χ2n) is 17.1. The minimum atomic E-state index is -1.93. The van der Waals surface area contributed by atoms with Crippen molar-refractivity contribution in [3.05, 3.63) is 109 Å². The van der Waals surface area contributed by atoms with Gasteiger partial charge >= 0.3 is 23.9 Å². The van der Waals surface area contributed by atoms with Gasteiger partial charge in [0, 0.05) is 12.8 Å². The van der Waals surface area contributed by atoms with Gasteiger partial charge in [-0.25, -0.2) is 4.79 Å². The Bertz CT molecular complexity index is 1620. The molecule has 1 heterocycles. The Morgan fingerprint density at radius 3 is 1.46 bits per heavy atom. The average Bonchev–Trinajstić information content (AvgIpc) is 3.33. The maximum Gasteiger partial charge on any atom is 0.335 e. The Kier molecular flexibility index (Phi) is 40.3. The average molecular weight is 965 g/mol. The van der Waals surface area contributed by atoms with Crippen molar-refractivity contribution in [2.24, 2.45) is 0 Å². The van der Waals surface area contributed by atoms with Gasteiger partial charge in [-0.05, 0) is 83.5 Å². The topological polar surface area (TPSA) is 175 Å². The van der Waals surface area contributed by atoms with E-state index in [1.165, 1.54) is 25.7 Å². The number of hydrogen-bond donors (Lipinski definition) is 3. The zero-order chi connectivity index (χ0) is 50.4. The highest BCUT2D eigenvalue weighted by molar-refractivity contribution is 5.74. The van der Waals surface area contributed by atoms with Gasteiger partial charge in [-0.2, -0.15) is 0 Å². The van der Waals surface area contributed by atoms with Crippen molar-refractivity contribution in [3.63, 3.8) is 0 Å². The first kappa shape index (κ1) is 62.4. The number of rotatable bonds is 41. The fourth-order valence-corrected chi connectivity index (χ4v) is 6.96. The number of aliphatic hydroxyl groups excluding tert-OH is 2. The number of aliphatic carboxylic acids is 1. The monoisotopic (exact) mass is 965 g/mol. The SMILES string of the molecule is CC/C=C\C/C=C\C/C=C\C/C=C\C/C=C\CC(=O)OCC(COC1OC(C(=O)O)C(O)C(O)C1OC(=O)CCCC/C=C\C/C=C\C/C=C\C/C=C\CC)OC(=O)CCCCCCCCCCC. The molecule has 0 aliphatic carbocycles. The number of aliphatic hydroxyl groups is 2. The molecule has 12 nitrogen and oxygen atoms in total. The first-order chi connectivity index (χ1) is 33.6. The lowest BCUT2D eigenvalue weighted by Gasteiger charge is -2.40. The van der Waals surface area contributed by atoms with Crippen LogP contribution in [-0.2, 0) is 42.9 Å². The number of carboxylic acids is 1. The maximum atomic E-state index is 13.0. The van der Waals surface area contributed by atoms with Crippen LogP contribution in [0, 0.1) is 0 Å². The molecule has 0 aromatic carbocycles. The summed E-state index contributed by atoms with van der Waals surface area (Å²) in [5.41, 5.74) is 0. The van der Waals surface area contributed by atoms with Gasteiger partial charge in [-0.1, -0.05) is 182 Å². The van der Waals surface area contributed by atoms with Crippen LogP contribution in [0.2, 0.25) is 0 Å². The second-order valence-corrected chi connectivity index (χ2v) is 17.1. The number of allylic oxidation sites excluding steroid dienone is 17. The molecule has 6 unspecified atom stereocenters. The van der Waals surface area contributed by atoms with Crippen LogP contribution in [-0.4, -0.2) is 89.2 Å². The molecule has 3 N–H and O–H groups in total. The van der Waals surface area contributed by atoms with E-state index in [0.29, 0.717) is 25.7 Å². The van der Waals surface area contributed by atoms with Crippen molar-refractivity contribution in [2.75, 3.05) is 13.2 Å². The number of carboxylic acid groups (broad SMARTS) is 1.